The molecule has 3 heterocycles. The van der Waals surface area contributed by atoms with Crippen LogP contribution in [0.1, 0.15) is 46.0 Å². The van der Waals surface area contributed by atoms with E-state index in [1.165, 1.54) is 25.7 Å². The lowest BCUT2D eigenvalue weighted by molar-refractivity contribution is -0.132. The molecule has 0 aliphatic carbocycles. The Hall–Kier alpha value is 0.0700. The molecule has 0 aromatic carbocycles. The lowest BCUT2D eigenvalue weighted by atomic mass is 9.89. The van der Waals surface area contributed by atoms with Crippen LogP contribution in [0.5, 0.6) is 0 Å². The lowest BCUT2D eigenvalue weighted by Crippen LogP contribution is -2.45. The summed E-state index contributed by atoms with van der Waals surface area (Å²) in [6, 6.07) is 1.40. The summed E-state index contributed by atoms with van der Waals surface area (Å²) in [4.78, 5) is 14.7. The zero-order valence-electron chi connectivity index (χ0n) is 13.2. The highest BCUT2D eigenvalue weighted by Gasteiger charge is 2.35. The highest BCUT2D eigenvalue weighted by atomic mass is 35.5. The average molecular weight is 333 g/mol. The first-order chi connectivity index (χ1) is 9.61. The molecular formula is C16H29ClN2OS. The van der Waals surface area contributed by atoms with Gasteiger partial charge < -0.3 is 10.2 Å². The van der Waals surface area contributed by atoms with Crippen molar-refractivity contribution >= 4 is 30.1 Å². The molecule has 3 fully saturated rings. The third-order valence-electron chi connectivity index (χ3n) is 5.22. The van der Waals surface area contributed by atoms with Crippen LogP contribution in [0.15, 0.2) is 0 Å². The van der Waals surface area contributed by atoms with Gasteiger partial charge in [-0.3, -0.25) is 4.79 Å². The number of fused-ring (bicyclic) bond motifs is 2. The van der Waals surface area contributed by atoms with Crippen LogP contribution in [0, 0.1) is 11.8 Å². The smallest absolute Gasteiger partial charge is 0.222 e. The zero-order chi connectivity index (χ0) is 14.1. The van der Waals surface area contributed by atoms with E-state index < -0.39 is 0 Å². The van der Waals surface area contributed by atoms with E-state index in [1.54, 1.807) is 0 Å². The molecule has 0 aromatic heterocycles. The number of nitrogens with one attached hydrogen (secondary N) is 1. The number of halogens is 1. The number of thioether (sulfide) groups is 1. The first-order valence-electron chi connectivity index (χ1n) is 8.27. The van der Waals surface area contributed by atoms with Crippen LogP contribution in [-0.2, 0) is 4.79 Å². The van der Waals surface area contributed by atoms with E-state index >= 15 is 0 Å². The Morgan fingerprint density at radius 3 is 2.57 bits per heavy atom. The first-order valence-corrected chi connectivity index (χ1v) is 9.32. The fraction of sp³-hybridized carbons (Fsp3) is 0.938. The first kappa shape index (κ1) is 17.4. The normalized spacial score (nSPS) is 35.7. The highest BCUT2D eigenvalue weighted by Crippen LogP contribution is 2.33. The maximum atomic E-state index is 12.6. The average Bonchev–Trinajstić information content (AvgIpc) is 2.78. The van der Waals surface area contributed by atoms with Gasteiger partial charge in [0.1, 0.15) is 0 Å². The summed E-state index contributed by atoms with van der Waals surface area (Å²) in [5, 5.41) is 4.30. The second kappa shape index (κ2) is 7.56. The molecule has 0 spiro atoms. The molecule has 122 valence electrons. The van der Waals surface area contributed by atoms with Gasteiger partial charge in [0.2, 0.25) is 5.91 Å². The van der Waals surface area contributed by atoms with Gasteiger partial charge in [-0.15, -0.1) is 12.4 Å². The van der Waals surface area contributed by atoms with E-state index in [0.717, 1.165) is 25.3 Å². The Balaban J connectivity index is 0.00000161. The van der Waals surface area contributed by atoms with Crippen molar-refractivity contribution in [1.82, 2.24) is 10.2 Å². The van der Waals surface area contributed by atoms with Crippen molar-refractivity contribution in [2.45, 2.75) is 63.3 Å². The Morgan fingerprint density at radius 2 is 1.95 bits per heavy atom. The summed E-state index contributed by atoms with van der Waals surface area (Å²) in [5.74, 6) is 2.84. The largest absolute Gasteiger partial charge is 0.341 e. The van der Waals surface area contributed by atoms with E-state index in [1.807, 2.05) is 11.8 Å². The second-order valence-electron chi connectivity index (χ2n) is 7.17. The highest BCUT2D eigenvalue weighted by molar-refractivity contribution is 8.00. The van der Waals surface area contributed by atoms with Gasteiger partial charge in [0.15, 0.2) is 0 Å². The molecule has 3 aliphatic heterocycles. The third-order valence-corrected chi connectivity index (χ3v) is 6.76. The van der Waals surface area contributed by atoms with Crippen molar-refractivity contribution < 1.29 is 4.79 Å². The van der Waals surface area contributed by atoms with Gasteiger partial charge in [0.05, 0.1) is 0 Å². The minimum absolute atomic E-state index is 0. The van der Waals surface area contributed by atoms with Crippen LogP contribution >= 0.6 is 24.2 Å². The van der Waals surface area contributed by atoms with E-state index in [2.05, 4.69) is 24.1 Å². The fourth-order valence-corrected chi connectivity index (χ4v) is 5.32. The number of hydrogen-bond donors (Lipinski definition) is 1. The molecule has 2 bridgehead atoms. The number of hydrogen-bond acceptors (Lipinski definition) is 3. The Morgan fingerprint density at radius 1 is 1.29 bits per heavy atom. The zero-order valence-corrected chi connectivity index (χ0v) is 14.8. The molecule has 21 heavy (non-hydrogen) atoms. The number of carbonyl (C=O) groups excluding carboxylic acids is 1. The lowest BCUT2D eigenvalue weighted by Gasteiger charge is -2.36. The van der Waals surface area contributed by atoms with E-state index in [-0.39, 0.29) is 12.4 Å². The molecule has 3 unspecified atom stereocenters. The van der Waals surface area contributed by atoms with Gasteiger partial charge >= 0.3 is 0 Å². The maximum Gasteiger partial charge on any atom is 0.222 e. The summed E-state index contributed by atoms with van der Waals surface area (Å²) in [5.41, 5.74) is 0. The standard InChI is InChI=1S/C16H28N2OS.ClH/c1-11(2)15-10-18(5-6-20-15)16(19)9-12-7-13-3-4-14(8-12)17-13;/h11-15,17H,3-10H2,1-2H3;1H. The van der Waals surface area contributed by atoms with Crippen molar-refractivity contribution in [3.05, 3.63) is 0 Å². The van der Waals surface area contributed by atoms with Crippen LogP contribution in [-0.4, -0.2) is 47.0 Å². The van der Waals surface area contributed by atoms with Crippen LogP contribution < -0.4 is 5.32 Å². The van der Waals surface area contributed by atoms with Gasteiger partial charge in [-0.2, -0.15) is 11.8 Å². The summed E-state index contributed by atoms with van der Waals surface area (Å²) < 4.78 is 0. The van der Waals surface area contributed by atoms with Gasteiger partial charge in [0.25, 0.3) is 0 Å². The monoisotopic (exact) mass is 332 g/mol. The molecule has 0 saturated carbocycles. The van der Waals surface area contributed by atoms with Gasteiger partial charge in [-0.1, -0.05) is 13.8 Å². The van der Waals surface area contributed by atoms with Crippen molar-refractivity contribution in [1.29, 1.82) is 0 Å². The Kier molecular flexibility index (Phi) is 6.27. The molecule has 5 heteroatoms. The molecule has 3 atom stereocenters. The summed E-state index contributed by atoms with van der Waals surface area (Å²) in [6.07, 6.45) is 5.89. The predicted molar refractivity (Wildman–Crippen MR) is 92.2 cm³/mol. The molecular weight excluding hydrogens is 304 g/mol. The molecule has 0 radical (unpaired) electrons. The van der Waals surface area contributed by atoms with Gasteiger partial charge in [0, 0.05) is 42.6 Å². The molecule has 3 nitrogen and oxygen atoms in total. The van der Waals surface area contributed by atoms with Crippen molar-refractivity contribution in [2.24, 2.45) is 11.8 Å². The third kappa shape index (κ3) is 4.29. The van der Waals surface area contributed by atoms with E-state index in [0.29, 0.717) is 35.1 Å². The molecule has 3 rings (SSSR count). The van der Waals surface area contributed by atoms with Crippen molar-refractivity contribution in [3.63, 3.8) is 0 Å². The SMILES string of the molecule is CC(C)C1CN(C(=O)CC2CC3CCC(C2)N3)CCS1.Cl. The topological polar surface area (TPSA) is 32.3 Å². The molecule has 0 aromatic rings. The quantitative estimate of drug-likeness (QED) is 0.862. The molecule has 3 saturated heterocycles. The van der Waals surface area contributed by atoms with Crippen LogP contribution in [0.3, 0.4) is 0 Å². The van der Waals surface area contributed by atoms with Crippen LogP contribution in [0.25, 0.3) is 0 Å². The number of carbonyl (C=O) groups is 1. The number of rotatable bonds is 3. The van der Waals surface area contributed by atoms with Crippen molar-refractivity contribution in [3.8, 4) is 0 Å². The van der Waals surface area contributed by atoms with E-state index in [4.69, 9.17) is 0 Å². The molecule has 3 aliphatic rings. The Labute approximate surface area is 139 Å². The maximum absolute atomic E-state index is 12.6. The predicted octanol–water partition coefficient (Wildman–Crippen LogP) is 2.93. The second-order valence-corrected chi connectivity index (χ2v) is 8.52. The number of piperidine rings is 1. The molecule has 1 amide bonds. The molecule has 1 N–H and O–H groups in total. The summed E-state index contributed by atoms with van der Waals surface area (Å²) in [6.45, 7) is 6.48. The van der Waals surface area contributed by atoms with Gasteiger partial charge in [-0.05, 0) is 37.5 Å². The minimum Gasteiger partial charge on any atom is -0.341 e. The number of nitrogens with zero attached hydrogens (tertiary/aromatic N) is 1. The number of amides is 1. The van der Waals surface area contributed by atoms with Crippen molar-refractivity contribution in [2.75, 3.05) is 18.8 Å². The summed E-state index contributed by atoms with van der Waals surface area (Å²) in [7, 11) is 0. The Bertz CT molecular complexity index is 354. The minimum atomic E-state index is 0. The summed E-state index contributed by atoms with van der Waals surface area (Å²) >= 11 is 2.05. The van der Waals surface area contributed by atoms with E-state index in [9.17, 15) is 4.79 Å². The fourth-order valence-electron chi connectivity index (χ4n) is 4.02. The van der Waals surface area contributed by atoms with Crippen LogP contribution in [0.4, 0.5) is 0 Å². The van der Waals surface area contributed by atoms with Crippen LogP contribution in [0.2, 0.25) is 0 Å². The van der Waals surface area contributed by atoms with Gasteiger partial charge in [-0.25, -0.2) is 0 Å².